The number of carbonyl (C=O) groups excluding carboxylic acids is 1. The maximum atomic E-state index is 11.9. The van der Waals surface area contributed by atoms with Crippen molar-refractivity contribution >= 4 is 28.2 Å². The molecule has 0 saturated carbocycles. The van der Waals surface area contributed by atoms with Crippen molar-refractivity contribution in [3.63, 3.8) is 0 Å². The van der Waals surface area contributed by atoms with Crippen LogP contribution >= 0.6 is 0 Å². The molecule has 134 valence electrons. The van der Waals surface area contributed by atoms with Gasteiger partial charge in [0, 0.05) is 24.3 Å². The molecule has 0 bridgehead atoms. The van der Waals surface area contributed by atoms with Gasteiger partial charge >= 0.3 is 0 Å². The van der Waals surface area contributed by atoms with E-state index in [2.05, 4.69) is 25.6 Å². The van der Waals surface area contributed by atoms with Crippen LogP contribution in [0.25, 0.3) is 22.3 Å². The number of aryl methyl sites for hydroxylation is 2. The van der Waals surface area contributed by atoms with Crippen LogP contribution in [0.4, 0.5) is 0 Å². The van der Waals surface area contributed by atoms with E-state index in [1.807, 2.05) is 49.4 Å². The summed E-state index contributed by atoms with van der Waals surface area (Å²) in [6, 6.07) is 8.19. The molecule has 4 aromatic rings. The van der Waals surface area contributed by atoms with E-state index in [0.29, 0.717) is 30.9 Å². The summed E-state index contributed by atoms with van der Waals surface area (Å²) in [6.45, 7) is 5.78. The predicted octanol–water partition coefficient (Wildman–Crippen LogP) is 2.08. The van der Waals surface area contributed by atoms with E-state index >= 15 is 0 Å². The number of nitrogens with zero attached hydrogens (tertiary/aromatic N) is 6. The molecular formula is C18H21N7O. The molecule has 0 radical (unpaired) electrons. The quantitative estimate of drug-likeness (QED) is 0.595. The van der Waals surface area contributed by atoms with Crippen molar-refractivity contribution in [1.82, 2.24) is 34.5 Å². The van der Waals surface area contributed by atoms with Crippen molar-refractivity contribution in [2.45, 2.75) is 46.1 Å². The van der Waals surface area contributed by atoms with E-state index < -0.39 is 0 Å². The average molecular weight is 351 g/mol. The number of hydrogen-bond acceptors (Lipinski definition) is 5. The third-order valence-corrected chi connectivity index (χ3v) is 4.26. The van der Waals surface area contributed by atoms with Gasteiger partial charge in [-0.2, -0.15) is 4.52 Å². The topological polar surface area (TPSA) is 89.5 Å². The third-order valence-electron chi connectivity index (χ3n) is 4.26. The Morgan fingerprint density at radius 1 is 1.23 bits per heavy atom. The van der Waals surface area contributed by atoms with Gasteiger partial charge in [0.05, 0.1) is 5.52 Å². The van der Waals surface area contributed by atoms with E-state index in [9.17, 15) is 4.79 Å². The molecule has 8 nitrogen and oxygen atoms in total. The third kappa shape index (κ3) is 2.77. The minimum Gasteiger partial charge on any atom is -0.354 e. The molecule has 0 atom stereocenters. The molecule has 1 amide bonds. The summed E-state index contributed by atoms with van der Waals surface area (Å²) >= 11 is 0. The summed E-state index contributed by atoms with van der Waals surface area (Å²) in [5, 5.41) is 17.1. The van der Waals surface area contributed by atoms with Crippen molar-refractivity contribution < 1.29 is 4.79 Å². The Labute approximate surface area is 150 Å². The van der Waals surface area contributed by atoms with Gasteiger partial charge in [0.25, 0.3) is 5.78 Å². The number of amides is 1. The first-order valence-corrected chi connectivity index (χ1v) is 8.82. The lowest BCUT2D eigenvalue weighted by Crippen LogP contribution is -2.29. The minimum absolute atomic E-state index is 0.0629. The summed E-state index contributed by atoms with van der Waals surface area (Å²) in [5.74, 6) is 2.22. The SMILES string of the molecule is Cc1nc2c3ccccc3n3c(CCCC(=O)NC(C)C)nnc3n2n1. The Balaban J connectivity index is 1.74. The summed E-state index contributed by atoms with van der Waals surface area (Å²) < 4.78 is 3.75. The van der Waals surface area contributed by atoms with Crippen LogP contribution in [0.5, 0.6) is 0 Å². The summed E-state index contributed by atoms with van der Waals surface area (Å²) in [7, 11) is 0. The lowest BCUT2D eigenvalue weighted by atomic mass is 10.2. The van der Waals surface area contributed by atoms with E-state index in [1.54, 1.807) is 4.52 Å². The first-order chi connectivity index (χ1) is 12.5. The number of para-hydroxylation sites is 1. The Bertz CT molecular complexity index is 1110. The molecule has 0 spiro atoms. The largest absolute Gasteiger partial charge is 0.354 e. The Morgan fingerprint density at radius 2 is 2.04 bits per heavy atom. The highest BCUT2D eigenvalue weighted by Crippen LogP contribution is 2.22. The monoisotopic (exact) mass is 351 g/mol. The zero-order valence-electron chi connectivity index (χ0n) is 15.1. The second kappa shape index (κ2) is 6.36. The van der Waals surface area contributed by atoms with Crippen LogP contribution in [0.2, 0.25) is 0 Å². The summed E-state index contributed by atoms with van der Waals surface area (Å²) in [4.78, 5) is 16.4. The maximum Gasteiger partial charge on any atom is 0.258 e. The van der Waals surface area contributed by atoms with Gasteiger partial charge in [-0.15, -0.1) is 15.3 Å². The molecule has 0 aliphatic carbocycles. The van der Waals surface area contributed by atoms with Gasteiger partial charge in [-0.25, -0.2) is 4.98 Å². The average Bonchev–Trinajstić information content (AvgIpc) is 3.18. The van der Waals surface area contributed by atoms with Crippen molar-refractivity contribution in [3.8, 4) is 0 Å². The zero-order chi connectivity index (χ0) is 18.3. The van der Waals surface area contributed by atoms with E-state index in [1.165, 1.54) is 0 Å². The fourth-order valence-electron chi connectivity index (χ4n) is 3.24. The number of nitrogens with one attached hydrogen (secondary N) is 1. The number of aromatic nitrogens is 6. The second-order valence-corrected chi connectivity index (χ2v) is 6.74. The fourth-order valence-corrected chi connectivity index (χ4v) is 3.24. The molecule has 0 fully saturated rings. The number of carbonyl (C=O) groups is 1. The van der Waals surface area contributed by atoms with Crippen LogP contribution in [0.3, 0.4) is 0 Å². The number of fused-ring (bicyclic) bond motifs is 6. The second-order valence-electron chi connectivity index (χ2n) is 6.74. The Hall–Kier alpha value is -3.03. The van der Waals surface area contributed by atoms with Gasteiger partial charge in [0.15, 0.2) is 5.65 Å². The Morgan fingerprint density at radius 3 is 2.85 bits per heavy atom. The van der Waals surface area contributed by atoms with Crippen LogP contribution in [0, 0.1) is 6.92 Å². The number of benzene rings is 1. The molecular weight excluding hydrogens is 330 g/mol. The molecule has 4 rings (SSSR count). The summed E-state index contributed by atoms with van der Waals surface area (Å²) in [5.41, 5.74) is 1.77. The predicted molar refractivity (Wildman–Crippen MR) is 98.0 cm³/mol. The smallest absolute Gasteiger partial charge is 0.258 e. The molecule has 1 aromatic carbocycles. The number of rotatable bonds is 5. The molecule has 0 aliphatic rings. The first-order valence-electron chi connectivity index (χ1n) is 8.82. The molecule has 3 aromatic heterocycles. The molecule has 26 heavy (non-hydrogen) atoms. The van der Waals surface area contributed by atoms with Gasteiger partial charge in [-0.3, -0.25) is 9.20 Å². The van der Waals surface area contributed by atoms with E-state index in [-0.39, 0.29) is 11.9 Å². The van der Waals surface area contributed by atoms with Gasteiger partial charge in [0.1, 0.15) is 11.6 Å². The van der Waals surface area contributed by atoms with Crippen molar-refractivity contribution in [1.29, 1.82) is 0 Å². The van der Waals surface area contributed by atoms with Crippen LogP contribution in [-0.4, -0.2) is 41.1 Å². The summed E-state index contributed by atoms with van der Waals surface area (Å²) in [6.07, 6.45) is 1.84. The Kier molecular flexibility index (Phi) is 4.02. The van der Waals surface area contributed by atoms with Gasteiger partial charge in [-0.05, 0) is 39.3 Å². The molecule has 3 heterocycles. The maximum absolute atomic E-state index is 11.9. The normalized spacial score (nSPS) is 11.8. The van der Waals surface area contributed by atoms with E-state index in [0.717, 1.165) is 22.4 Å². The van der Waals surface area contributed by atoms with Gasteiger partial charge in [0.2, 0.25) is 5.91 Å². The standard InChI is InChI=1S/C18H21N7O/c1-11(2)19-16(26)10-6-9-15-21-22-18-24(15)14-8-5-4-7-13(14)17-20-12(3)23-25(17)18/h4-5,7-8,11H,6,9-10H2,1-3H3,(H,19,26). The van der Waals surface area contributed by atoms with Crippen LogP contribution < -0.4 is 5.32 Å². The van der Waals surface area contributed by atoms with Gasteiger partial charge < -0.3 is 5.32 Å². The van der Waals surface area contributed by atoms with Crippen molar-refractivity contribution in [3.05, 3.63) is 35.9 Å². The molecule has 8 heteroatoms. The molecule has 0 unspecified atom stereocenters. The molecule has 0 aliphatic heterocycles. The lowest BCUT2D eigenvalue weighted by molar-refractivity contribution is -0.121. The zero-order valence-corrected chi connectivity index (χ0v) is 15.1. The van der Waals surface area contributed by atoms with E-state index in [4.69, 9.17) is 0 Å². The minimum atomic E-state index is 0.0629. The van der Waals surface area contributed by atoms with Crippen molar-refractivity contribution in [2.75, 3.05) is 0 Å². The fraction of sp³-hybridized carbons (Fsp3) is 0.389. The number of hydrogen-bond donors (Lipinski definition) is 1. The van der Waals surface area contributed by atoms with Crippen LogP contribution in [-0.2, 0) is 11.2 Å². The highest BCUT2D eigenvalue weighted by Gasteiger charge is 2.16. The first kappa shape index (κ1) is 16.4. The highest BCUT2D eigenvalue weighted by atomic mass is 16.1. The van der Waals surface area contributed by atoms with Gasteiger partial charge in [-0.1, -0.05) is 12.1 Å². The lowest BCUT2D eigenvalue weighted by Gasteiger charge is -2.08. The van der Waals surface area contributed by atoms with Crippen LogP contribution in [0.15, 0.2) is 24.3 Å². The molecule has 0 saturated heterocycles. The highest BCUT2D eigenvalue weighted by molar-refractivity contribution is 5.93. The van der Waals surface area contributed by atoms with Crippen molar-refractivity contribution in [2.24, 2.45) is 0 Å². The van der Waals surface area contributed by atoms with Crippen LogP contribution in [0.1, 0.15) is 38.3 Å². The molecule has 1 N–H and O–H groups in total.